The molecule has 0 aliphatic carbocycles. The van der Waals surface area contributed by atoms with Crippen molar-refractivity contribution < 1.29 is 0 Å². The molecule has 0 aliphatic heterocycles. The molecule has 7 heteroatoms. The van der Waals surface area contributed by atoms with Gasteiger partial charge in [0.05, 0.1) is 6.54 Å². The zero-order valence-electron chi connectivity index (χ0n) is 11.0. The van der Waals surface area contributed by atoms with Crippen LogP contribution in [0.25, 0.3) is 0 Å². The third-order valence-electron chi connectivity index (χ3n) is 2.71. The molecule has 0 radical (unpaired) electrons. The summed E-state index contributed by atoms with van der Waals surface area (Å²) < 4.78 is 1.87. The first-order valence-corrected chi connectivity index (χ1v) is 5.71. The zero-order chi connectivity index (χ0) is 13.1. The lowest BCUT2D eigenvalue weighted by Crippen LogP contribution is -2.10. The maximum Gasteiger partial charge on any atom is 0.151 e. The molecule has 0 atom stereocenters. The Labute approximate surface area is 106 Å². The van der Waals surface area contributed by atoms with Crippen LogP contribution >= 0.6 is 0 Å². The number of hydrogen-bond donors (Lipinski definition) is 2. The fourth-order valence-corrected chi connectivity index (χ4v) is 1.67. The summed E-state index contributed by atoms with van der Waals surface area (Å²) >= 11 is 0. The minimum atomic E-state index is 0.580. The fourth-order valence-electron chi connectivity index (χ4n) is 1.67. The predicted octanol–water partition coefficient (Wildman–Crippen LogP) is 0.876. The summed E-state index contributed by atoms with van der Waals surface area (Å²) in [6.07, 6.45) is 1.67. The largest absolute Gasteiger partial charge is 0.373 e. The molecule has 2 rings (SSSR count). The molecule has 0 unspecified atom stereocenters. The molecule has 2 aromatic rings. The average Bonchev–Trinajstić information content (AvgIpc) is 2.75. The van der Waals surface area contributed by atoms with E-state index in [1.807, 2.05) is 32.5 Å². The first-order chi connectivity index (χ1) is 8.61. The number of nitrogens with zero attached hydrogens (tertiary/aromatic N) is 5. The standard InChI is InChI=1S/C11H17N7/c1-7-10(12-3)15-8(2)16-11(7)13-5-9-17-14-6-18(9)4/h6H,5H2,1-4H3,(H2,12,13,15,16). The van der Waals surface area contributed by atoms with Crippen LogP contribution in [0.15, 0.2) is 6.33 Å². The van der Waals surface area contributed by atoms with Gasteiger partial charge in [0.1, 0.15) is 23.8 Å². The van der Waals surface area contributed by atoms with Gasteiger partial charge in [0.15, 0.2) is 5.82 Å². The maximum atomic E-state index is 4.39. The summed E-state index contributed by atoms with van der Waals surface area (Å²) in [5, 5.41) is 14.2. The van der Waals surface area contributed by atoms with Gasteiger partial charge in [-0.25, -0.2) is 9.97 Å². The van der Waals surface area contributed by atoms with E-state index in [0.717, 1.165) is 28.8 Å². The summed E-state index contributed by atoms with van der Waals surface area (Å²) in [4.78, 5) is 8.71. The normalized spacial score (nSPS) is 10.4. The highest BCUT2D eigenvalue weighted by atomic mass is 15.3. The molecule has 0 fully saturated rings. The second kappa shape index (κ2) is 4.99. The summed E-state index contributed by atoms with van der Waals surface area (Å²) in [7, 11) is 3.76. The molecular weight excluding hydrogens is 230 g/mol. The van der Waals surface area contributed by atoms with Gasteiger partial charge in [0.2, 0.25) is 0 Å². The van der Waals surface area contributed by atoms with Crippen molar-refractivity contribution in [3.05, 3.63) is 23.5 Å². The minimum Gasteiger partial charge on any atom is -0.373 e. The van der Waals surface area contributed by atoms with E-state index in [4.69, 9.17) is 0 Å². The van der Waals surface area contributed by atoms with Gasteiger partial charge < -0.3 is 15.2 Å². The van der Waals surface area contributed by atoms with Crippen molar-refractivity contribution in [2.75, 3.05) is 17.7 Å². The highest BCUT2D eigenvalue weighted by Crippen LogP contribution is 2.19. The van der Waals surface area contributed by atoms with Gasteiger partial charge in [-0.15, -0.1) is 10.2 Å². The van der Waals surface area contributed by atoms with E-state index in [9.17, 15) is 0 Å². The Morgan fingerprint density at radius 3 is 2.56 bits per heavy atom. The SMILES string of the molecule is CNc1nc(C)nc(NCc2nncn2C)c1C. The van der Waals surface area contributed by atoms with Crippen molar-refractivity contribution in [1.82, 2.24) is 24.7 Å². The molecule has 0 saturated heterocycles. The zero-order valence-corrected chi connectivity index (χ0v) is 11.0. The maximum absolute atomic E-state index is 4.39. The van der Waals surface area contributed by atoms with E-state index in [1.54, 1.807) is 6.33 Å². The first kappa shape index (κ1) is 12.3. The van der Waals surface area contributed by atoms with Gasteiger partial charge >= 0.3 is 0 Å². The van der Waals surface area contributed by atoms with E-state index in [-0.39, 0.29) is 0 Å². The number of aromatic nitrogens is 5. The third-order valence-corrected chi connectivity index (χ3v) is 2.71. The highest BCUT2D eigenvalue weighted by Gasteiger charge is 2.08. The first-order valence-electron chi connectivity index (χ1n) is 5.71. The van der Waals surface area contributed by atoms with E-state index in [0.29, 0.717) is 6.54 Å². The molecule has 2 heterocycles. The average molecular weight is 247 g/mol. The van der Waals surface area contributed by atoms with Crippen LogP contribution < -0.4 is 10.6 Å². The number of rotatable bonds is 4. The van der Waals surface area contributed by atoms with Gasteiger partial charge in [-0.05, 0) is 13.8 Å². The Morgan fingerprint density at radius 2 is 1.94 bits per heavy atom. The molecule has 0 amide bonds. The van der Waals surface area contributed by atoms with Gasteiger partial charge in [-0.2, -0.15) is 0 Å². The van der Waals surface area contributed by atoms with E-state index < -0.39 is 0 Å². The van der Waals surface area contributed by atoms with Crippen molar-refractivity contribution in [3.8, 4) is 0 Å². The van der Waals surface area contributed by atoms with Crippen molar-refractivity contribution in [1.29, 1.82) is 0 Å². The summed E-state index contributed by atoms with van der Waals surface area (Å²) in [6.45, 7) is 4.43. The Morgan fingerprint density at radius 1 is 1.22 bits per heavy atom. The number of hydrogen-bond acceptors (Lipinski definition) is 6. The minimum absolute atomic E-state index is 0.580. The van der Waals surface area contributed by atoms with Crippen molar-refractivity contribution in [3.63, 3.8) is 0 Å². The Balaban J connectivity index is 2.19. The van der Waals surface area contributed by atoms with Gasteiger partial charge in [-0.3, -0.25) is 0 Å². The van der Waals surface area contributed by atoms with Crippen LogP contribution in [0.4, 0.5) is 11.6 Å². The lowest BCUT2D eigenvalue weighted by molar-refractivity contribution is 0.808. The lowest BCUT2D eigenvalue weighted by atomic mass is 10.3. The quantitative estimate of drug-likeness (QED) is 0.834. The van der Waals surface area contributed by atoms with Crippen LogP contribution in [0.2, 0.25) is 0 Å². The Kier molecular flexibility index (Phi) is 3.40. The van der Waals surface area contributed by atoms with Crippen LogP contribution in [-0.4, -0.2) is 31.8 Å². The molecular formula is C11H17N7. The van der Waals surface area contributed by atoms with Crippen LogP contribution in [0, 0.1) is 13.8 Å². The molecule has 96 valence electrons. The topological polar surface area (TPSA) is 80.6 Å². The number of anilines is 2. The molecule has 7 nitrogen and oxygen atoms in total. The molecule has 0 spiro atoms. The number of aryl methyl sites for hydroxylation is 2. The van der Waals surface area contributed by atoms with Crippen LogP contribution in [0.5, 0.6) is 0 Å². The van der Waals surface area contributed by atoms with Gasteiger partial charge in [0.25, 0.3) is 0 Å². The van der Waals surface area contributed by atoms with Gasteiger partial charge in [-0.1, -0.05) is 0 Å². The summed E-state index contributed by atoms with van der Waals surface area (Å²) in [6, 6.07) is 0. The Bertz CT molecular complexity index is 546. The fraction of sp³-hybridized carbons (Fsp3) is 0.455. The van der Waals surface area contributed by atoms with Crippen LogP contribution in [-0.2, 0) is 13.6 Å². The predicted molar refractivity (Wildman–Crippen MR) is 69.4 cm³/mol. The monoisotopic (exact) mass is 247 g/mol. The summed E-state index contributed by atoms with van der Waals surface area (Å²) in [5.41, 5.74) is 0.991. The molecule has 2 aromatic heterocycles. The van der Waals surface area contributed by atoms with Crippen LogP contribution in [0.1, 0.15) is 17.2 Å². The molecule has 18 heavy (non-hydrogen) atoms. The smallest absolute Gasteiger partial charge is 0.151 e. The van der Waals surface area contributed by atoms with Gasteiger partial charge in [0, 0.05) is 19.7 Å². The summed E-state index contributed by atoms with van der Waals surface area (Å²) in [5.74, 6) is 3.24. The second-order valence-electron chi connectivity index (χ2n) is 4.05. The van der Waals surface area contributed by atoms with Crippen molar-refractivity contribution >= 4 is 11.6 Å². The Hall–Kier alpha value is -2.18. The van der Waals surface area contributed by atoms with E-state index in [1.165, 1.54) is 0 Å². The molecule has 0 aromatic carbocycles. The highest BCUT2D eigenvalue weighted by molar-refractivity contribution is 5.56. The van der Waals surface area contributed by atoms with Crippen LogP contribution in [0.3, 0.4) is 0 Å². The van der Waals surface area contributed by atoms with Crippen molar-refractivity contribution in [2.24, 2.45) is 7.05 Å². The second-order valence-corrected chi connectivity index (χ2v) is 4.05. The third kappa shape index (κ3) is 2.39. The molecule has 0 aliphatic rings. The molecule has 0 bridgehead atoms. The van der Waals surface area contributed by atoms with Crippen molar-refractivity contribution in [2.45, 2.75) is 20.4 Å². The molecule has 0 saturated carbocycles. The molecule has 2 N–H and O–H groups in total. The van der Waals surface area contributed by atoms with E-state index >= 15 is 0 Å². The van der Waals surface area contributed by atoms with E-state index in [2.05, 4.69) is 30.8 Å². The number of nitrogens with one attached hydrogen (secondary N) is 2. The lowest BCUT2D eigenvalue weighted by Gasteiger charge is -2.12.